The van der Waals surface area contributed by atoms with Gasteiger partial charge in [0.25, 0.3) is 0 Å². The number of hydrogen-bond acceptors (Lipinski definition) is 1. The molecule has 0 radical (unpaired) electrons. The van der Waals surface area contributed by atoms with E-state index in [1.54, 1.807) is 7.11 Å². The van der Waals surface area contributed by atoms with Gasteiger partial charge < -0.3 is 4.74 Å². The fourth-order valence-electron chi connectivity index (χ4n) is 1.95. The predicted octanol–water partition coefficient (Wildman–Crippen LogP) is 3.13. The molecule has 1 aliphatic carbocycles. The highest BCUT2D eigenvalue weighted by molar-refractivity contribution is 6.21. The van der Waals surface area contributed by atoms with Gasteiger partial charge in [0.05, 0.1) is 11.0 Å². The summed E-state index contributed by atoms with van der Waals surface area (Å²) in [7, 11) is 1.75. The molecule has 0 aromatic rings. The average Bonchev–Trinajstić information content (AvgIpc) is 2.10. The van der Waals surface area contributed by atoms with Crippen LogP contribution in [0.5, 0.6) is 0 Å². The topological polar surface area (TPSA) is 9.23 Å². The summed E-state index contributed by atoms with van der Waals surface area (Å²) in [6, 6.07) is 0. The van der Waals surface area contributed by atoms with E-state index in [0.717, 1.165) is 19.3 Å². The molecular weight excluding hydrogens is 172 g/mol. The molecule has 0 aromatic heterocycles. The van der Waals surface area contributed by atoms with Crippen molar-refractivity contribution in [2.45, 2.75) is 43.1 Å². The van der Waals surface area contributed by atoms with Crippen molar-refractivity contribution in [2.75, 3.05) is 7.11 Å². The SMILES string of the molecule is C=CCC1(OC)CCCCC1Cl. The largest absolute Gasteiger partial charge is 0.376 e. The zero-order chi connectivity index (χ0) is 9.03. The Morgan fingerprint density at radius 2 is 2.42 bits per heavy atom. The molecular formula is C10H17ClO. The van der Waals surface area contributed by atoms with E-state index in [2.05, 4.69) is 6.58 Å². The lowest BCUT2D eigenvalue weighted by molar-refractivity contribution is -0.0327. The highest BCUT2D eigenvalue weighted by Crippen LogP contribution is 2.37. The molecule has 0 spiro atoms. The van der Waals surface area contributed by atoms with Crippen LogP contribution in [0.15, 0.2) is 12.7 Å². The van der Waals surface area contributed by atoms with Gasteiger partial charge in [0, 0.05) is 7.11 Å². The first-order chi connectivity index (χ1) is 5.75. The Morgan fingerprint density at radius 1 is 1.67 bits per heavy atom. The van der Waals surface area contributed by atoms with Crippen LogP contribution in [-0.2, 0) is 4.74 Å². The second-order valence-electron chi connectivity index (χ2n) is 3.48. The Labute approximate surface area is 79.7 Å². The number of methoxy groups -OCH3 is 1. The van der Waals surface area contributed by atoms with Gasteiger partial charge >= 0.3 is 0 Å². The molecule has 1 aliphatic rings. The first kappa shape index (κ1) is 10.1. The Balaban J connectivity index is 2.65. The molecule has 1 fully saturated rings. The van der Waals surface area contributed by atoms with Crippen molar-refractivity contribution in [3.05, 3.63) is 12.7 Å². The van der Waals surface area contributed by atoms with Gasteiger partial charge in [-0.15, -0.1) is 18.2 Å². The van der Waals surface area contributed by atoms with Crippen LogP contribution < -0.4 is 0 Å². The van der Waals surface area contributed by atoms with E-state index in [1.165, 1.54) is 12.8 Å². The Hall–Kier alpha value is -0.0100. The Morgan fingerprint density at radius 3 is 2.92 bits per heavy atom. The summed E-state index contributed by atoms with van der Waals surface area (Å²) < 4.78 is 5.53. The van der Waals surface area contributed by atoms with Crippen LogP contribution in [0.4, 0.5) is 0 Å². The fourth-order valence-corrected chi connectivity index (χ4v) is 2.40. The van der Waals surface area contributed by atoms with Gasteiger partial charge in [-0.2, -0.15) is 0 Å². The molecule has 0 heterocycles. The lowest BCUT2D eigenvalue weighted by Crippen LogP contribution is -2.43. The first-order valence-corrected chi connectivity index (χ1v) is 4.99. The molecule has 2 atom stereocenters. The van der Waals surface area contributed by atoms with Crippen molar-refractivity contribution in [2.24, 2.45) is 0 Å². The summed E-state index contributed by atoms with van der Waals surface area (Å²) in [5.41, 5.74) is -0.123. The lowest BCUT2D eigenvalue weighted by atomic mass is 9.82. The predicted molar refractivity (Wildman–Crippen MR) is 52.7 cm³/mol. The minimum atomic E-state index is -0.123. The molecule has 0 saturated heterocycles. The highest BCUT2D eigenvalue weighted by Gasteiger charge is 2.38. The van der Waals surface area contributed by atoms with Gasteiger partial charge in [-0.3, -0.25) is 0 Å². The summed E-state index contributed by atoms with van der Waals surface area (Å²) in [5, 5.41) is 0.161. The fraction of sp³-hybridized carbons (Fsp3) is 0.800. The second kappa shape index (κ2) is 4.29. The van der Waals surface area contributed by atoms with Crippen LogP contribution in [0.25, 0.3) is 0 Å². The molecule has 0 aromatic carbocycles. The maximum atomic E-state index is 6.25. The molecule has 1 saturated carbocycles. The summed E-state index contributed by atoms with van der Waals surface area (Å²) >= 11 is 6.25. The molecule has 12 heavy (non-hydrogen) atoms. The molecule has 70 valence electrons. The minimum Gasteiger partial charge on any atom is -0.376 e. The van der Waals surface area contributed by atoms with E-state index in [9.17, 15) is 0 Å². The molecule has 2 unspecified atom stereocenters. The molecule has 0 bridgehead atoms. The summed E-state index contributed by atoms with van der Waals surface area (Å²) in [6.45, 7) is 3.74. The first-order valence-electron chi connectivity index (χ1n) is 4.55. The summed E-state index contributed by atoms with van der Waals surface area (Å²) in [4.78, 5) is 0. The van der Waals surface area contributed by atoms with E-state index < -0.39 is 0 Å². The molecule has 2 heteroatoms. The third-order valence-corrected chi connectivity index (χ3v) is 3.39. The van der Waals surface area contributed by atoms with E-state index >= 15 is 0 Å². The van der Waals surface area contributed by atoms with Crippen LogP contribution in [0.1, 0.15) is 32.1 Å². The summed E-state index contributed by atoms with van der Waals surface area (Å²) in [6.07, 6.45) is 7.39. The smallest absolute Gasteiger partial charge is 0.0875 e. The minimum absolute atomic E-state index is 0.123. The number of alkyl halides is 1. The molecule has 1 rings (SSSR count). The van der Waals surface area contributed by atoms with Crippen molar-refractivity contribution >= 4 is 11.6 Å². The highest BCUT2D eigenvalue weighted by atomic mass is 35.5. The number of ether oxygens (including phenoxy) is 1. The molecule has 0 amide bonds. The molecule has 0 N–H and O–H groups in total. The van der Waals surface area contributed by atoms with Crippen LogP contribution in [0.3, 0.4) is 0 Å². The zero-order valence-electron chi connectivity index (χ0n) is 7.68. The van der Waals surface area contributed by atoms with Gasteiger partial charge in [0.1, 0.15) is 0 Å². The van der Waals surface area contributed by atoms with Crippen molar-refractivity contribution in [3.8, 4) is 0 Å². The number of halogens is 1. The number of rotatable bonds is 3. The van der Waals surface area contributed by atoms with Crippen LogP contribution >= 0.6 is 11.6 Å². The van der Waals surface area contributed by atoms with E-state index in [0.29, 0.717) is 0 Å². The maximum absolute atomic E-state index is 6.25. The number of hydrogen-bond donors (Lipinski definition) is 0. The van der Waals surface area contributed by atoms with Gasteiger partial charge in [-0.1, -0.05) is 18.9 Å². The van der Waals surface area contributed by atoms with Gasteiger partial charge in [-0.25, -0.2) is 0 Å². The van der Waals surface area contributed by atoms with Crippen molar-refractivity contribution in [1.82, 2.24) is 0 Å². The van der Waals surface area contributed by atoms with Crippen LogP contribution in [0.2, 0.25) is 0 Å². The van der Waals surface area contributed by atoms with E-state index in [1.807, 2.05) is 6.08 Å². The average molecular weight is 189 g/mol. The van der Waals surface area contributed by atoms with Gasteiger partial charge in [0.15, 0.2) is 0 Å². The Kier molecular flexibility index (Phi) is 3.60. The van der Waals surface area contributed by atoms with E-state index in [-0.39, 0.29) is 11.0 Å². The third-order valence-electron chi connectivity index (χ3n) is 2.77. The lowest BCUT2D eigenvalue weighted by Gasteiger charge is -2.39. The Bertz CT molecular complexity index is 158. The quantitative estimate of drug-likeness (QED) is 0.489. The van der Waals surface area contributed by atoms with Gasteiger partial charge in [-0.05, 0) is 19.3 Å². The monoisotopic (exact) mass is 188 g/mol. The van der Waals surface area contributed by atoms with E-state index in [4.69, 9.17) is 16.3 Å². The normalized spacial score (nSPS) is 36.3. The molecule has 0 aliphatic heterocycles. The zero-order valence-corrected chi connectivity index (χ0v) is 8.44. The van der Waals surface area contributed by atoms with Crippen molar-refractivity contribution in [1.29, 1.82) is 0 Å². The standard InChI is InChI=1S/C10H17ClO/c1-3-7-10(12-2)8-5-4-6-9(10)11/h3,9H,1,4-8H2,2H3. The van der Waals surface area contributed by atoms with Crippen LogP contribution in [0, 0.1) is 0 Å². The van der Waals surface area contributed by atoms with Crippen molar-refractivity contribution in [3.63, 3.8) is 0 Å². The van der Waals surface area contributed by atoms with Crippen LogP contribution in [-0.4, -0.2) is 18.1 Å². The van der Waals surface area contributed by atoms with Gasteiger partial charge in [0.2, 0.25) is 0 Å². The summed E-state index contributed by atoms with van der Waals surface area (Å²) in [5.74, 6) is 0. The third kappa shape index (κ3) is 1.83. The second-order valence-corrected chi connectivity index (χ2v) is 4.00. The van der Waals surface area contributed by atoms with Crippen molar-refractivity contribution < 1.29 is 4.74 Å². The molecule has 1 nitrogen and oxygen atoms in total. The maximum Gasteiger partial charge on any atom is 0.0875 e.